The summed E-state index contributed by atoms with van der Waals surface area (Å²) in [6, 6.07) is 5.74. The maximum absolute atomic E-state index is 12.7. The summed E-state index contributed by atoms with van der Waals surface area (Å²) in [6.45, 7) is 8.63. The first-order valence-corrected chi connectivity index (χ1v) is 10.5. The summed E-state index contributed by atoms with van der Waals surface area (Å²) in [6.07, 6.45) is 3.08. The van der Waals surface area contributed by atoms with E-state index in [1.165, 1.54) is 12.8 Å². The molecule has 2 heterocycles. The second kappa shape index (κ2) is 9.76. The van der Waals surface area contributed by atoms with Crippen molar-refractivity contribution < 1.29 is 9.53 Å². The van der Waals surface area contributed by atoms with Crippen molar-refractivity contribution in [3.05, 3.63) is 28.8 Å². The number of benzene rings is 1. The van der Waals surface area contributed by atoms with Crippen LogP contribution < -0.4 is 10.1 Å². The van der Waals surface area contributed by atoms with Crippen molar-refractivity contribution >= 4 is 17.5 Å². The monoisotopic (exact) mass is 393 g/mol. The molecule has 0 spiro atoms. The molecule has 5 nitrogen and oxygen atoms in total. The summed E-state index contributed by atoms with van der Waals surface area (Å²) in [5.41, 5.74) is 1.10. The lowest BCUT2D eigenvalue weighted by molar-refractivity contribution is -0.134. The van der Waals surface area contributed by atoms with Crippen LogP contribution in [0, 0.1) is 11.8 Å². The Kier molecular flexibility index (Phi) is 7.39. The molecule has 2 saturated heterocycles. The zero-order chi connectivity index (χ0) is 19.2. The number of hydrogen-bond donors (Lipinski definition) is 1. The van der Waals surface area contributed by atoms with Crippen molar-refractivity contribution in [2.45, 2.75) is 32.7 Å². The topological polar surface area (TPSA) is 44.8 Å². The number of halogens is 1. The van der Waals surface area contributed by atoms with Crippen LogP contribution in [0.5, 0.6) is 5.75 Å². The van der Waals surface area contributed by atoms with Gasteiger partial charge in [0.1, 0.15) is 5.75 Å². The maximum atomic E-state index is 12.7. The van der Waals surface area contributed by atoms with Crippen LogP contribution >= 0.6 is 11.6 Å². The van der Waals surface area contributed by atoms with E-state index in [0.717, 1.165) is 62.1 Å². The van der Waals surface area contributed by atoms with Crippen molar-refractivity contribution in [1.29, 1.82) is 0 Å². The Morgan fingerprint density at radius 1 is 1.26 bits per heavy atom. The lowest BCUT2D eigenvalue weighted by Crippen LogP contribution is -2.48. The van der Waals surface area contributed by atoms with Gasteiger partial charge in [-0.1, -0.05) is 18.5 Å². The summed E-state index contributed by atoms with van der Waals surface area (Å²) in [5, 5.41) is 4.13. The molecule has 1 N–H and O–H groups in total. The van der Waals surface area contributed by atoms with E-state index in [0.29, 0.717) is 24.2 Å². The van der Waals surface area contributed by atoms with Crippen molar-refractivity contribution in [1.82, 2.24) is 15.1 Å². The van der Waals surface area contributed by atoms with Crippen LogP contribution in [0.2, 0.25) is 5.02 Å². The third-order valence-corrected chi connectivity index (χ3v) is 6.28. The fourth-order valence-electron chi connectivity index (χ4n) is 4.25. The number of ether oxygens (including phenoxy) is 1. The van der Waals surface area contributed by atoms with Crippen LogP contribution in [-0.4, -0.2) is 62.1 Å². The number of nitrogens with one attached hydrogen (secondary N) is 1. The minimum Gasteiger partial charge on any atom is -0.496 e. The van der Waals surface area contributed by atoms with E-state index in [9.17, 15) is 4.79 Å². The SMILES string of the molecule is COc1ccc(Cl)cc1CN1CCN(C(=O)CC(C)C2CCNCC2)CC1. The van der Waals surface area contributed by atoms with Crippen LogP contribution in [-0.2, 0) is 11.3 Å². The lowest BCUT2D eigenvalue weighted by atomic mass is 9.84. The second-order valence-corrected chi connectivity index (χ2v) is 8.32. The molecule has 1 unspecified atom stereocenters. The van der Waals surface area contributed by atoms with Gasteiger partial charge in [0.15, 0.2) is 0 Å². The Labute approximate surface area is 168 Å². The van der Waals surface area contributed by atoms with E-state index in [-0.39, 0.29) is 0 Å². The molecule has 0 aliphatic carbocycles. The number of carbonyl (C=O) groups excluding carboxylic acids is 1. The fourth-order valence-corrected chi connectivity index (χ4v) is 4.45. The third kappa shape index (κ3) is 5.59. The number of carbonyl (C=O) groups is 1. The molecule has 1 atom stereocenters. The quantitative estimate of drug-likeness (QED) is 0.806. The Bertz CT molecular complexity index is 626. The summed E-state index contributed by atoms with van der Waals surface area (Å²) in [4.78, 5) is 17.1. The summed E-state index contributed by atoms with van der Waals surface area (Å²) in [7, 11) is 1.69. The van der Waals surface area contributed by atoms with Crippen LogP contribution in [0.3, 0.4) is 0 Å². The lowest BCUT2D eigenvalue weighted by Gasteiger charge is -2.36. The highest BCUT2D eigenvalue weighted by Crippen LogP contribution is 2.26. The zero-order valence-corrected chi connectivity index (χ0v) is 17.3. The van der Waals surface area contributed by atoms with Gasteiger partial charge in [-0.15, -0.1) is 0 Å². The molecule has 150 valence electrons. The first-order chi connectivity index (χ1) is 13.1. The number of piperidine rings is 1. The molecular formula is C21H32ClN3O2. The highest BCUT2D eigenvalue weighted by molar-refractivity contribution is 6.30. The molecule has 0 saturated carbocycles. The van der Waals surface area contributed by atoms with Gasteiger partial charge >= 0.3 is 0 Å². The Morgan fingerprint density at radius 2 is 1.96 bits per heavy atom. The van der Waals surface area contributed by atoms with Gasteiger partial charge in [-0.3, -0.25) is 9.69 Å². The third-order valence-electron chi connectivity index (χ3n) is 6.05. The summed E-state index contributed by atoms with van der Waals surface area (Å²) >= 11 is 6.14. The molecule has 1 aromatic rings. The summed E-state index contributed by atoms with van der Waals surface area (Å²) < 4.78 is 5.45. The number of amides is 1. The molecular weight excluding hydrogens is 362 g/mol. The van der Waals surface area contributed by atoms with Gasteiger partial charge in [0.2, 0.25) is 5.91 Å². The van der Waals surface area contributed by atoms with E-state index < -0.39 is 0 Å². The predicted octanol–water partition coefficient (Wildman–Crippen LogP) is 3.02. The smallest absolute Gasteiger partial charge is 0.222 e. The minimum absolute atomic E-state index is 0.320. The standard InChI is InChI=1S/C21H32ClN3O2/c1-16(17-5-7-23-8-6-17)13-21(26)25-11-9-24(10-12-25)15-18-14-19(22)3-4-20(18)27-2/h3-4,14,16-17,23H,5-13,15H2,1-2H3. The first-order valence-electron chi connectivity index (χ1n) is 10.1. The van der Waals surface area contributed by atoms with E-state index in [1.54, 1.807) is 7.11 Å². The fraction of sp³-hybridized carbons (Fsp3) is 0.667. The second-order valence-electron chi connectivity index (χ2n) is 7.88. The van der Waals surface area contributed by atoms with Crippen molar-refractivity contribution in [3.63, 3.8) is 0 Å². The van der Waals surface area contributed by atoms with Crippen LogP contribution in [0.1, 0.15) is 31.7 Å². The largest absolute Gasteiger partial charge is 0.496 e. The van der Waals surface area contributed by atoms with Crippen molar-refractivity contribution in [2.75, 3.05) is 46.4 Å². The minimum atomic E-state index is 0.320. The molecule has 27 heavy (non-hydrogen) atoms. The maximum Gasteiger partial charge on any atom is 0.222 e. The molecule has 1 amide bonds. The van der Waals surface area contributed by atoms with Crippen LogP contribution in [0.15, 0.2) is 18.2 Å². The molecule has 2 fully saturated rings. The van der Waals surface area contributed by atoms with Gasteiger partial charge in [-0.2, -0.15) is 0 Å². The van der Waals surface area contributed by atoms with Gasteiger partial charge in [-0.25, -0.2) is 0 Å². The molecule has 0 bridgehead atoms. The van der Waals surface area contributed by atoms with E-state index in [2.05, 4.69) is 17.1 Å². The average Bonchev–Trinajstić information content (AvgIpc) is 2.69. The normalized spacial score (nSPS) is 20.5. The Morgan fingerprint density at radius 3 is 2.63 bits per heavy atom. The number of hydrogen-bond acceptors (Lipinski definition) is 4. The molecule has 2 aliphatic rings. The molecule has 0 aromatic heterocycles. The van der Waals surface area contributed by atoms with E-state index in [4.69, 9.17) is 16.3 Å². The van der Waals surface area contributed by atoms with Crippen LogP contribution in [0.4, 0.5) is 0 Å². The highest BCUT2D eigenvalue weighted by Gasteiger charge is 2.26. The first kappa shape index (κ1) is 20.4. The van der Waals surface area contributed by atoms with Gasteiger partial charge in [-0.05, 0) is 56.0 Å². The number of rotatable bonds is 6. The average molecular weight is 394 g/mol. The molecule has 6 heteroatoms. The Balaban J connectivity index is 1.47. The van der Waals surface area contributed by atoms with Gasteiger partial charge in [0.25, 0.3) is 0 Å². The Hall–Kier alpha value is -1.30. The molecule has 2 aliphatic heterocycles. The van der Waals surface area contributed by atoms with Crippen molar-refractivity contribution in [3.8, 4) is 5.75 Å². The van der Waals surface area contributed by atoms with Crippen LogP contribution in [0.25, 0.3) is 0 Å². The van der Waals surface area contributed by atoms with Gasteiger partial charge in [0, 0.05) is 49.7 Å². The highest BCUT2D eigenvalue weighted by atomic mass is 35.5. The van der Waals surface area contributed by atoms with Gasteiger partial charge < -0.3 is 15.0 Å². The van der Waals surface area contributed by atoms with E-state index >= 15 is 0 Å². The number of nitrogens with zero attached hydrogens (tertiary/aromatic N) is 2. The predicted molar refractivity (Wildman–Crippen MR) is 109 cm³/mol. The number of methoxy groups -OCH3 is 1. The number of piperazine rings is 1. The van der Waals surface area contributed by atoms with Crippen molar-refractivity contribution in [2.24, 2.45) is 11.8 Å². The van der Waals surface area contributed by atoms with Gasteiger partial charge in [0.05, 0.1) is 7.11 Å². The molecule has 3 rings (SSSR count). The summed E-state index contributed by atoms with van der Waals surface area (Å²) in [5.74, 6) is 2.36. The zero-order valence-electron chi connectivity index (χ0n) is 16.5. The molecule has 0 radical (unpaired) electrons. The molecule has 1 aromatic carbocycles. The van der Waals surface area contributed by atoms with E-state index in [1.807, 2.05) is 23.1 Å².